The Bertz CT molecular complexity index is 607. The second kappa shape index (κ2) is 4.84. The zero-order valence-electron chi connectivity index (χ0n) is 10.8. The Balaban J connectivity index is 1.83. The van der Waals surface area contributed by atoms with E-state index < -0.39 is 0 Å². The van der Waals surface area contributed by atoms with Crippen molar-refractivity contribution in [2.24, 2.45) is 5.92 Å². The van der Waals surface area contributed by atoms with Gasteiger partial charge in [-0.1, -0.05) is 0 Å². The zero-order chi connectivity index (χ0) is 13.2. The first-order chi connectivity index (χ1) is 9.28. The molecule has 2 aromatic rings. The molecular formula is C16H15NO2. The van der Waals surface area contributed by atoms with Gasteiger partial charge in [0.05, 0.1) is 7.11 Å². The lowest BCUT2D eigenvalue weighted by molar-refractivity contribution is 0.0936. The van der Waals surface area contributed by atoms with Crippen LogP contribution >= 0.6 is 0 Å². The van der Waals surface area contributed by atoms with E-state index in [-0.39, 0.29) is 11.7 Å². The lowest BCUT2D eigenvalue weighted by Gasteiger charge is -2.07. The van der Waals surface area contributed by atoms with Crippen molar-refractivity contribution in [3.8, 4) is 5.75 Å². The van der Waals surface area contributed by atoms with E-state index >= 15 is 0 Å². The van der Waals surface area contributed by atoms with E-state index in [9.17, 15) is 4.79 Å². The van der Waals surface area contributed by atoms with Gasteiger partial charge in [-0.05, 0) is 54.3 Å². The Labute approximate surface area is 112 Å². The molecule has 1 aliphatic carbocycles. The van der Waals surface area contributed by atoms with Crippen LogP contribution in [-0.4, -0.2) is 17.9 Å². The van der Waals surface area contributed by atoms with Crippen LogP contribution in [0.5, 0.6) is 5.75 Å². The fraction of sp³-hybridized carbons (Fsp3) is 0.250. The van der Waals surface area contributed by atoms with Crippen LogP contribution in [0.15, 0.2) is 42.7 Å². The van der Waals surface area contributed by atoms with Gasteiger partial charge in [-0.25, -0.2) is 0 Å². The molecule has 19 heavy (non-hydrogen) atoms. The third-order valence-corrected chi connectivity index (χ3v) is 3.65. The van der Waals surface area contributed by atoms with Crippen LogP contribution in [0.4, 0.5) is 0 Å². The summed E-state index contributed by atoms with van der Waals surface area (Å²) >= 11 is 0. The molecule has 0 saturated carbocycles. The van der Waals surface area contributed by atoms with Crippen molar-refractivity contribution in [1.29, 1.82) is 0 Å². The minimum Gasteiger partial charge on any atom is -0.497 e. The van der Waals surface area contributed by atoms with Gasteiger partial charge in [0.2, 0.25) is 0 Å². The Morgan fingerprint density at radius 1 is 1.26 bits per heavy atom. The van der Waals surface area contributed by atoms with Crippen LogP contribution in [0.25, 0.3) is 0 Å². The van der Waals surface area contributed by atoms with Crippen molar-refractivity contribution in [3.63, 3.8) is 0 Å². The van der Waals surface area contributed by atoms with Gasteiger partial charge < -0.3 is 4.74 Å². The van der Waals surface area contributed by atoms with Crippen molar-refractivity contribution in [2.75, 3.05) is 7.11 Å². The largest absolute Gasteiger partial charge is 0.497 e. The van der Waals surface area contributed by atoms with Crippen molar-refractivity contribution < 1.29 is 9.53 Å². The molecule has 1 heterocycles. The first kappa shape index (κ1) is 11.9. The topological polar surface area (TPSA) is 39.2 Å². The maximum atomic E-state index is 12.3. The minimum atomic E-state index is 0.0458. The zero-order valence-corrected chi connectivity index (χ0v) is 10.8. The molecule has 3 nitrogen and oxygen atoms in total. The monoisotopic (exact) mass is 253 g/mol. The van der Waals surface area contributed by atoms with E-state index in [0.717, 1.165) is 35.3 Å². The number of hydrogen-bond donors (Lipinski definition) is 0. The second-order valence-electron chi connectivity index (χ2n) is 4.85. The number of carbonyl (C=O) groups is 1. The summed E-state index contributed by atoms with van der Waals surface area (Å²) in [4.78, 5) is 16.3. The molecule has 1 aromatic heterocycles. The van der Waals surface area contributed by atoms with Crippen LogP contribution in [0.1, 0.15) is 21.5 Å². The molecule has 1 aliphatic rings. The van der Waals surface area contributed by atoms with Crippen molar-refractivity contribution in [1.82, 2.24) is 4.98 Å². The highest BCUT2D eigenvalue weighted by atomic mass is 16.5. The molecule has 0 saturated heterocycles. The van der Waals surface area contributed by atoms with E-state index in [2.05, 4.69) is 4.98 Å². The quantitative estimate of drug-likeness (QED) is 0.844. The molecule has 1 atom stereocenters. The fourth-order valence-corrected chi connectivity index (χ4v) is 2.65. The maximum Gasteiger partial charge on any atom is 0.166 e. The van der Waals surface area contributed by atoms with Gasteiger partial charge in [0.1, 0.15) is 5.75 Å². The molecule has 3 heteroatoms. The Kier molecular flexibility index (Phi) is 3.03. The number of ketones is 1. The molecule has 1 aromatic carbocycles. The standard InChI is InChI=1S/C16H15NO2/c1-19-14-2-3-15-12(10-14)9-13(16(15)18)8-11-4-6-17-7-5-11/h2-7,10,13H,8-9H2,1H3/t13-/m0/s1. The number of methoxy groups -OCH3 is 1. The van der Waals surface area contributed by atoms with E-state index in [1.165, 1.54) is 0 Å². The molecular weight excluding hydrogens is 238 g/mol. The molecule has 0 unspecified atom stereocenters. The summed E-state index contributed by atoms with van der Waals surface area (Å²) in [5, 5.41) is 0. The molecule has 0 N–H and O–H groups in total. The molecule has 3 rings (SSSR count). The van der Waals surface area contributed by atoms with Gasteiger partial charge in [-0.15, -0.1) is 0 Å². The summed E-state index contributed by atoms with van der Waals surface area (Å²) in [5.41, 5.74) is 3.11. The number of rotatable bonds is 3. The van der Waals surface area contributed by atoms with Gasteiger partial charge in [-0.2, -0.15) is 0 Å². The Morgan fingerprint density at radius 2 is 2.05 bits per heavy atom. The van der Waals surface area contributed by atoms with Gasteiger partial charge >= 0.3 is 0 Å². The predicted molar refractivity (Wildman–Crippen MR) is 72.5 cm³/mol. The third-order valence-electron chi connectivity index (χ3n) is 3.65. The molecule has 0 spiro atoms. The Hall–Kier alpha value is -2.16. The van der Waals surface area contributed by atoms with Gasteiger partial charge in [-0.3, -0.25) is 9.78 Å². The number of pyridine rings is 1. The number of aromatic nitrogens is 1. The first-order valence-corrected chi connectivity index (χ1v) is 6.38. The molecule has 0 fully saturated rings. The van der Waals surface area contributed by atoms with Crippen molar-refractivity contribution in [2.45, 2.75) is 12.8 Å². The number of hydrogen-bond acceptors (Lipinski definition) is 3. The average Bonchev–Trinajstić information content (AvgIpc) is 2.76. The summed E-state index contributed by atoms with van der Waals surface area (Å²) in [7, 11) is 1.65. The average molecular weight is 253 g/mol. The third kappa shape index (κ3) is 2.24. The van der Waals surface area contributed by atoms with Crippen molar-refractivity contribution >= 4 is 5.78 Å². The number of fused-ring (bicyclic) bond motifs is 1. The molecule has 0 amide bonds. The highest BCUT2D eigenvalue weighted by Gasteiger charge is 2.30. The fourth-order valence-electron chi connectivity index (χ4n) is 2.65. The number of benzene rings is 1. The summed E-state index contributed by atoms with van der Waals surface area (Å²) in [6.07, 6.45) is 5.11. The van der Waals surface area contributed by atoms with Gasteiger partial charge in [0, 0.05) is 23.9 Å². The van der Waals surface area contributed by atoms with E-state index in [1.807, 2.05) is 30.3 Å². The molecule has 96 valence electrons. The summed E-state index contributed by atoms with van der Waals surface area (Å²) < 4.78 is 5.21. The van der Waals surface area contributed by atoms with E-state index in [1.54, 1.807) is 19.5 Å². The lowest BCUT2D eigenvalue weighted by Crippen LogP contribution is -2.12. The lowest BCUT2D eigenvalue weighted by atomic mass is 9.96. The minimum absolute atomic E-state index is 0.0458. The smallest absolute Gasteiger partial charge is 0.166 e. The predicted octanol–water partition coefficient (Wildman–Crippen LogP) is 2.69. The second-order valence-corrected chi connectivity index (χ2v) is 4.85. The van der Waals surface area contributed by atoms with Crippen molar-refractivity contribution in [3.05, 3.63) is 59.4 Å². The summed E-state index contributed by atoms with van der Waals surface area (Å²) in [6.45, 7) is 0. The molecule has 0 radical (unpaired) electrons. The SMILES string of the molecule is COc1ccc2c(c1)C[C@H](Cc1ccncc1)C2=O. The Morgan fingerprint density at radius 3 is 2.79 bits per heavy atom. The van der Waals surface area contributed by atoms with E-state index in [4.69, 9.17) is 4.74 Å². The number of Topliss-reactive ketones (excluding diaryl/α,β-unsaturated/α-hetero) is 1. The summed E-state index contributed by atoms with van der Waals surface area (Å²) in [6, 6.07) is 9.64. The normalized spacial score (nSPS) is 17.3. The van der Waals surface area contributed by atoms with Crippen LogP contribution in [0, 0.1) is 5.92 Å². The highest BCUT2D eigenvalue weighted by Crippen LogP contribution is 2.31. The first-order valence-electron chi connectivity index (χ1n) is 6.38. The summed E-state index contributed by atoms with van der Waals surface area (Å²) in [5.74, 6) is 1.11. The highest BCUT2D eigenvalue weighted by molar-refractivity contribution is 6.02. The number of ether oxygens (including phenoxy) is 1. The van der Waals surface area contributed by atoms with Crippen LogP contribution < -0.4 is 4.74 Å². The van der Waals surface area contributed by atoms with Crippen LogP contribution in [-0.2, 0) is 12.8 Å². The van der Waals surface area contributed by atoms with E-state index in [0.29, 0.717) is 0 Å². The maximum absolute atomic E-state index is 12.3. The molecule has 0 aliphatic heterocycles. The number of carbonyl (C=O) groups excluding carboxylic acids is 1. The van der Waals surface area contributed by atoms with Gasteiger partial charge in [0.15, 0.2) is 5.78 Å². The van der Waals surface area contributed by atoms with Crippen LogP contribution in [0.3, 0.4) is 0 Å². The number of nitrogens with zero attached hydrogens (tertiary/aromatic N) is 1. The van der Waals surface area contributed by atoms with Gasteiger partial charge in [0.25, 0.3) is 0 Å². The van der Waals surface area contributed by atoms with Crippen LogP contribution in [0.2, 0.25) is 0 Å². The molecule has 0 bridgehead atoms.